The molecule has 0 radical (unpaired) electrons. The van der Waals surface area contributed by atoms with Gasteiger partial charge in [-0.25, -0.2) is 0 Å². The predicted octanol–water partition coefficient (Wildman–Crippen LogP) is 3.91. The summed E-state index contributed by atoms with van der Waals surface area (Å²) in [5.41, 5.74) is 0. The van der Waals surface area contributed by atoms with Crippen molar-refractivity contribution in [1.82, 2.24) is 10.2 Å². The van der Waals surface area contributed by atoms with Gasteiger partial charge in [0.25, 0.3) is 0 Å². The molecule has 1 rings (SSSR count). The average Bonchev–Trinajstić information content (AvgIpc) is 2.33. The summed E-state index contributed by atoms with van der Waals surface area (Å²) in [6.45, 7) is 15.5. The van der Waals surface area contributed by atoms with Gasteiger partial charge in [-0.15, -0.1) is 0 Å². The Kier molecular flexibility index (Phi) is 8.01. The topological polar surface area (TPSA) is 15.3 Å². The van der Waals surface area contributed by atoms with Crippen molar-refractivity contribution in [1.29, 1.82) is 0 Å². The minimum atomic E-state index is 0.730. The highest BCUT2D eigenvalue weighted by molar-refractivity contribution is 4.78. The smallest absolute Gasteiger partial charge is 0.00767 e. The summed E-state index contributed by atoms with van der Waals surface area (Å²) in [5.74, 6) is 1.63. The normalized spacial score (nSPS) is 28.1. The molecule has 3 unspecified atom stereocenters. The first-order valence-corrected chi connectivity index (χ1v) is 8.50. The van der Waals surface area contributed by atoms with E-state index in [0.717, 1.165) is 23.9 Å². The molecule has 1 aliphatic heterocycles. The molecule has 0 aromatic carbocycles. The van der Waals surface area contributed by atoms with Crippen LogP contribution < -0.4 is 5.32 Å². The van der Waals surface area contributed by atoms with Gasteiger partial charge >= 0.3 is 0 Å². The van der Waals surface area contributed by atoms with Gasteiger partial charge in [-0.3, -0.25) is 0 Å². The molecule has 2 nitrogen and oxygen atoms in total. The fraction of sp³-hybridized carbons (Fsp3) is 1.00. The van der Waals surface area contributed by atoms with Crippen molar-refractivity contribution < 1.29 is 0 Å². The molecule has 114 valence electrons. The largest absolute Gasteiger partial charge is 0.314 e. The van der Waals surface area contributed by atoms with Crippen LogP contribution in [-0.2, 0) is 0 Å². The van der Waals surface area contributed by atoms with Gasteiger partial charge in [0, 0.05) is 18.6 Å². The Balaban J connectivity index is 2.39. The van der Waals surface area contributed by atoms with Crippen LogP contribution in [0.3, 0.4) is 0 Å². The first-order chi connectivity index (χ1) is 9.02. The van der Waals surface area contributed by atoms with Crippen molar-refractivity contribution in [2.75, 3.05) is 19.6 Å². The minimum absolute atomic E-state index is 0.730. The summed E-state index contributed by atoms with van der Waals surface area (Å²) in [6.07, 6.45) is 6.72. The summed E-state index contributed by atoms with van der Waals surface area (Å²) in [4.78, 5) is 2.74. The number of hydrogen-bond acceptors (Lipinski definition) is 2. The summed E-state index contributed by atoms with van der Waals surface area (Å²) in [7, 11) is 0. The van der Waals surface area contributed by atoms with Gasteiger partial charge in [0.1, 0.15) is 0 Å². The monoisotopic (exact) mass is 268 g/mol. The molecule has 1 aliphatic rings. The highest BCUT2D eigenvalue weighted by Gasteiger charge is 2.21. The lowest BCUT2D eigenvalue weighted by molar-refractivity contribution is 0.144. The van der Waals surface area contributed by atoms with Crippen molar-refractivity contribution >= 4 is 0 Å². The second kappa shape index (κ2) is 8.97. The van der Waals surface area contributed by atoms with E-state index in [1.165, 1.54) is 51.7 Å². The maximum absolute atomic E-state index is 3.71. The molecule has 2 heteroatoms. The zero-order chi connectivity index (χ0) is 14.3. The van der Waals surface area contributed by atoms with E-state index in [0.29, 0.717) is 0 Å². The van der Waals surface area contributed by atoms with Gasteiger partial charge in [0.2, 0.25) is 0 Å². The quantitative estimate of drug-likeness (QED) is 0.785. The lowest BCUT2D eigenvalue weighted by Crippen LogP contribution is -2.46. The molecule has 3 atom stereocenters. The third kappa shape index (κ3) is 6.76. The number of hydrogen-bond donors (Lipinski definition) is 1. The Hall–Kier alpha value is -0.0800. The maximum atomic E-state index is 3.71. The summed E-state index contributed by atoms with van der Waals surface area (Å²) < 4.78 is 0. The van der Waals surface area contributed by atoms with E-state index in [2.05, 4.69) is 44.8 Å². The van der Waals surface area contributed by atoms with Crippen LogP contribution in [0.5, 0.6) is 0 Å². The van der Waals surface area contributed by atoms with Crippen molar-refractivity contribution in [3.05, 3.63) is 0 Å². The lowest BCUT2D eigenvalue weighted by atomic mass is 10.00. The fourth-order valence-electron chi connectivity index (χ4n) is 3.10. The van der Waals surface area contributed by atoms with Crippen LogP contribution in [-0.4, -0.2) is 36.6 Å². The second-order valence-electron chi connectivity index (χ2n) is 7.08. The van der Waals surface area contributed by atoms with Crippen molar-refractivity contribution in [2.45, 2.75) is 78.8 Å². The maximum Gasteiger partial charge on any atom is 0.00767 e. The Morgan fingerprint density at radius 1 is 1.21 bits per heavy atom. The van der Waals surface area contributed by atoms with Gasteiger partial charge in [0.05, 0.1) is 0 Å². The minimum Gasteiger partial charge on any atom is -0.314 e. The van der Waals surface area contributed by atoms with E-state index in [-0.39, 0.29) is 0 Å². The van der Waals surface area contributed by atoms with E-state index in [9.17, 15) is 0 Å². The van der Waals surface area contributed by atoms with E-state index in [4.69, 9.17) is 0 Å². The van der Waals surface area contributed by atoms with Crippen molar-refractivity contribution in [3.63, 3.8) is 0 Å². The van der Waals surface area contributed by atoms with Gasteiger partial charge in [-0.05, 0) is 51.1 Å². The molecular weight excluding hydrogens is 232 g/mol. The number of nitrogens with one attached hydrogen (secondary N) is 1. The molecule has 0 amide bonds. The van der Waals surface area contributed by atoms with Crippen LogP contribution in [0.2, 0.25) is 0 Å². The van der Waals surface area contributed by atoms with E-state index < -0.39 is 0 Å². The average molecular weight is 268 g/mol. The second-order valence-corrected chi connectivity index (χ2v) is 7.08. The van der Waals surface area contributed by atoms with Crippen LogP contribution >= 0.6 is 0 Å². The standard InChI is InChI=1S/C17H36N2/c1-6-17-10-11-19(13-15(4)12-18-17)16(5)9-7-8-14(2)3/h14-18H,6-13H2,1-5H3. The molecule has 0 aromatic heterocycles. The molecular formula is C17H36N2. The first kappa shape index (κ1) is 17.0. The van der Waals surface area contributed by atoms with Crippen LogP contribution in [0.25, 0.3) is 0 Å². The fourth-order valence-corrected chi connectivity index (χ4v) is 3.10. The molecule has 19 heavy (non-hydrogen) atoms. The SMILES string of the molecule is CCC1CCN(C(C)CCCC(C)C)CC(C)CN1. The lowest BCUT2D eigenvalue weighted by Gasteiger charge is -2.36. The van der Waals surface area contributed by atoms with E-state index >= 15 is 0 Å². The molecule has 1 N–H and O–H groups in total. The van der Waals surface area contributed by atoms with Crippen LogP contribution in [0.1, 0.15) is 66.7 Å². The van der Waals surface area contributed by atoms with Crippen molar-refractivity contribution in [3.8, 4) is 0 Å². The Bertz CT molecular complexity index is 227. The Morgan fingerprint density at radius 2 is 1.95 bits per heavy atom. The third-order valence-electron chi connectivity index (χ3n) is 4.59. The molecule has 0 aromatic rings. The Labute approximate surface area is 121 Å². The molecule has 1 heterocycles. The van der Waals surface area contributed by atoms with E-state index in [1.54, 1.807) is 0 Å². The zero-order valence-electron chi connectivity index (χ0n) is 13.9. The van der Waals surface area contributed by atoms with Crippen LogP contribution in [0, 0.1) is 11.8 Å². The van der Waals surface area contributed by atoms with Crippen LogP contribution in [0.4, 0.5) is 0 Å². The molecule has 0 saturated carbocycles. The summed E-state index contributed by atoms with van der Waals surface area (Å²) in [5, 5.41) is 3.71. The third-order valence-corrected chi connectivity index (χ3v) is 4.59. The predicted molar refractivity (Wildman–Crippen MR) is 85.6 cm³/mol. The molecule has 1 saturated heterocycles. The van der Waals surface area contributed by atoms with Gasteiger partial charge in [0.15, 0.2) is 0 Å². The molecule has 0 bridgehead atoms. The van der Waals surface area contributed by atoms with Crippen molar-refractivity contribution in [2.24, 2.45) is 11.8 Å². The molecule has 0 spiro atoms. The highest BCUT2D eigenvalue weighted by atomic mass is 15.2. The molecule has 1 fully saturated rings. The number of rotatable bonds is 6. The summed E-state index contributed by atoms with van der Waals surface area (Å²) in [6, 6.07) is 1.49. The first-order valence-electron chi connectivity index (χ1n) is 8.50. The van der Waals surface area contributed by atoms with Gasteiger partial charge < -0.3 is 10.2 Å². The number of nitrogens with zero attached hydrogens (tertiary/aromatic N) is 1. The molecule has 0 aliphatic carbocycles. The van der Waals surface area contributed by atoms with Gasteiger partial charge in [-0.2, -0.15) is 0 Å². The Morgan fingerprint density at radius 3 is 2.58 bits per heavy atom. The van der Waals surface area contributed by atoms with Crippen LogP contribution in [0.15, 0.2) is 0 Å². The summed E-state index contributed by atoms with van der Waals surface area (Å²) >= 11 is 0. The zero-order valence-corrected chi connectivity index (χ0v) is 13.9. The van der Waals surface area contributed by atoms with Gasteiger partial charge in [-0.1, -0.05) is 40.5 Å². The van der Waals surface area contributed by atoms with E-state index in [1.807, 2.05) is 0 Å². The highest BCUT2D eigenvalue weighted by Crippen LogP contribution is 2.16.